The number of aromatic nitrogens is 4. The smallest absolute Gasteiger partial charge is 0.221 e. The van der Waals surface area contributed by atoms with Crippen LogP contribution < -0.4 is 10.7 Å². The number of aryl methyl sites for hydroxylation is 1. The first kappa shape index (κ1) is 17.0. The molecule has 4 rings (SSSR count). The van der Waals surface area contributed by atoms with E-state index in [2.05, 4.69) is 15.4 Å². The van der Waals surface area contributed by atoms with Gasteiger partial charge in [0.15, 0.2) is 0 Å². The number of para-hydroxylation sites is 1. The molecule has 0 saturated heterocycles. The Kier molecular flexibility index (Phi) is 4.65. The largest absolute Gasteiger partial charge is 0.356 e. The molecular formula is C20H19N5O2. The van der Waals surface area contributed by atoms with Gasteiger partial charge in [0, 0.05) is 37.2 Å². The van der Waals surface area contributed by atoms with Gasteiger partial charge in [-0.2, -0.15) is 5.10 Å². The summed E-state index contributed by atoms with van der Waals surface area (Å²) in [6.45, 7) is 0.946. The number of imidazole rings is 1. The fraction of sp³-hybridized carbons (Fsp3) is 0.200. The van der Waals surface area contributed by atoms with Crippen LogP contribution in [-0.2, 0) is 17.8 Å². The number of hydrogen-bond donors (Lipinski definition) is 1. The van der Waals surface area contributed by atoms with Gasteiger partial charge in [-0.3, -0.25) is 14.3 Å². The first-order chi connectivity index (χ1) is 13.2. The molecule has 1 amide bonds. The summed E-state index contributed by atoms with van der Waals surface area (Å²) in [6, 6.07) is 13.1. The van der Waals surface area contributed by atoms with Crippen LogP contribution in [0.5, 0.6) is 0 Å². The van der Waals surface area contributed by atoms with E-state index in [0.29, 0.717) is 31.3 Å². The highest BCUT2D eigenvalue weighted by Gasteiger charge is 2.07. The van der Waals surface area contributed by atoms with Crippen molar-refractivity contribution < 1.29 is 4.79 Å². The molecule has 27 heavy (non-hydrogen) atoms. The van der Waals surface area contributed by atoms with Crippen LogP contribution in [0.4, 0.5) is 0 Å². The molecule has 0 bridgehead atoms. The lowest BCUT2D eigenvalue weighted by Gasteiger charge is -2.09. The molecule has 0 spiro atoms. The summed E-state index contributed by atoms with van der Waals surface area (Å²) < 4.78 is 3.66. The standard InChI is InChI=1S/C20H19N5O2/c26-18-13-22-25(17-6-2-1-5-16(17)18)12-9-20(27)21-10-8-15-14-24-11-4-3-7-19(24)23-15/h1-7,11,13-14H,8-10,12H2,(H,21,27). The minimum absolute atomic E-state index is 0.0525. The van der Waals surface area contributed by atoms with Gasteiger partial charge >= 0.3 is 0 Å². The summed E-state index contributed by atoms with van der Waals surface area (Å²) in [5.41, 5.74) is 2.46. The van der Waals surface area contributed by atoms with Gasteiger partial charge in [-0.15, -0.1) is 0 Å². The van der Waals surface area contributed by atoms with E-state index in [-0.39, 0.29) is 11.3 Å². The van der Waals surface area contributed by atoms with Crippen molar-refractivity contribution in [1.29, 1.82) is 0 Å². The highest BCUT2D eigenvalue weighted by atomic mass is 16.1. The molecule has 1 aromatic carbocycles. The quantitative estimate of drug-likeness (QED) is 0.568. The number of benzene rings is 1. The summed E-state index contributed by atoms with van der Waals surface area (Å²) >= 11 is 0. The molecule has 4 aromatic rings. The number of rotatable bonds is 6. The van der Waals surface area contributed by atoms with Gasteiger partial charge in [-0.1, -0.05) is 18.2 Å². The number of hydrogen-bond acceptors (Lipinski definition) is 4. The topological polar surface area (TPSA) is 81.3 Å². The SMILES string of the molecule is O=C(CCn1ncc(=O)c2ccccc21)NCCc1cn2ccccc2n1. The van der Waals surface area contributed by atoms with Crippen molar-refractivity contribution in [3.8, 4) is 0 Å². The molecule has 7 nitrogen and oxygen atoms in total. The number of nitrogens with one attached hydrogen (secondary N) is 1. The second kappa shape index (κ2) is 7.41. The third kappa shape index (κ3) is 3.72. The number of amides is 1. The third-order valence-electron chi connectivity index (χ3n) is 4.43. The zero-order valence-electron chi connectivity index (χ0n) is 14.7. The van der Waals surface area contributed by atoms with Crippen molar-refractivity contribution in [3.63, 3.8) is 0 Å². The summed E-state index contributed by atoms with van der Waals surface area (Å²) in [5.74, 6) is -0.0525. The Balaban J connectivity index is 1.32. The van der Waals surface area contributed by atoms with E-state index in [1.54, 1.807) is 10.7 Å². The molecule has 0 radical (unpaired) electrons. The van der Waals surface area contributed by atoms with Gasteiger partial charge < -0.3 is 9.72 Å². The molecule has 0 unspecified atom stereocenters. The molecule has 0 aliphatic carbocycles. The van der Waals surface area contributed by atoms with E-state index in [0.717, 1.165) is 16.9 Å². The zero-order chi connectivity index (χ0) is 18.6. The van der Waals surface area contributed by atoms with Crippen LogP contribution in [0.2, 0.25) is 0 Å². The Bertz CT molecular complexity index is 1130. The molecule has 0 aliphatic heterocycles. The van der Waals surface area contributed by atoms with Crippen molar-refractivity contribution in [2.24, 2.45) is 0 Å². The Hall–Kier alpha value is -3.48. The van der Waals surface area contributed by atoms with Crippen molar-refractivity contribution >= 4 is 22.5 Å². The Morgan fingerprint density at radius 1 is 1.11 bits per heavy atom. The van der Waals surface area contributed by atoms with Crippen molar-refractivity contribution in [2.75, 3.05) is 6.54 Å². The predicted octanol–water partition coefficient (Wildman–Crippen LogP) is 1.79. The van der Waals surface area contributed by atoms with Gasteiger partial charge in [0.05, 0.1) is 24.0 Å². The van der Waals surface area contributed by atoms with Crippen LogP contribution in [0.15, 0.2) is 65.8 Å². The number of pyridine rings is 1. The van der Waals surface area contributed by atoms with Crippen molar-refractivity contribution in [2.45, 2.75) is 19.4 Å². The summed E-state index contributed by atoms with van der Waals surface area (Å²) in [6.07, 6.45) is 6.19. The number of nitrogens with zero attached hydrogens (tertiary/aromatic N) is 4. The predicted molar refractivity (Wildman–Crippen MR) is 103 cm³/mol. The minimum Gasteiger partial charge on any atom is -0.356 e. The minimum atomic E-state index is -0.112. The molecule has 0 saturated carbocycles. The third-order valence-corrected chi connectivity index (χ3v) is 4.43. The molecule has 0 fully saturated rings. The molecule has 136 valence electrons. The normalized spacial score (nSPS) is 11.1. The van der Waals surface area contributed by atoms with Crippen LogP contribution in [-0.4, -0.2) is 31.6 Å². The molecule has 1 N–H and O–H groups in total. The van der Waals surface area contributed by atoms with Crippen LogP contribution in [0.1, 0.15) is 12.1 Å². The van der Waals surface area contributed by atoms with E-state index in [1.807, 2.05) is 53.2 Å². The van der Waals surface area contributed by atoms with Gasteiger partial charge in [-0.05, 0) is 24.3 Å². The molecule has 3 aromatic heterocycles. The highest BCUT2D eigenvalue weighted by Crippen LogP contribution is 2.08. The maximum Gasteiger partial charge on any atom is 0.221 e. The number of carbonyl (C=O) groups is 1. The van der Waals surface area contributed by atoms with E-state index in [9.17, 15) is 9.59 Å². The Morgan fingerprint density at radius 3 is 2.85 bits per heavy atom. The van der Waals surface area contributed by atoms with E-state index < -0.39 is 0 Å². The van der Waals surface area contributed by atoms with E-state index >= 15 is 0 Å². The van der Waals surface area contributed by atoms with Gasteiger partial charge in [0.2, 0.25) is 11.3 Å². The monoisotopic (exact) mass is 361 g/mol. The molecular weight excluding hydrogens is 342 g/mol. The number of carbonyl (C=O) groups excluding carboxylic acids is 1. The molecule has 3 heterocycles. The summed E-state index contributed by atoms with van der Waals surface area (Å²) in [5, 5.41) is 7.67. The summed E-state index contributed by atoms with van der Waals surface area (Å²) in [7, 11) is 0. The molecule has 7 heteroatoms. The summed E-state index contributed by atoms with van der Waals surface area (Å²) in [4.78, 5) is 28.5. The lowest BCUT2D eigenvalue weighted by atomic mass is 10.2. The van der Waals surface area contributed by atoms with Gasteiger partial charge in [0.1, 0.15) is 5.65 Å². The maximum absolute atomic E-state index is 12.1. The first-order valence-corrected chi connectivity index (χ1v) is 8.85. The number of fused-ring (bicyclic) bond motifs is 2. The first-order valence-electron chi connectivity index (χ1n) is 8.85. The lowest BCUT2D eigenvalue weighted by Crippen LogP contribution is -2.27. The fourth-order valence-electron chi connectivity index (χ4n) is 3.07. The van der Waals surface area contributed by atoms with Crippen LogP contribution >= 0.6 is 0 Å². The van der Waals surface area contributed by atoms with Crippen molar-refractivity contribution in [1.82, 2.24) is 24.5 Å². The molecule has 0 aliphatic rings. The second-order valence-electron chi connectivity index (χ2n) is 6.30. The van der Waals surface area contributed by atoms with E-state index in [1.165, 1.54) is 6.20 Å². The average molecular weight is 361 g/mol. The van der Waals surface area contributed by atoms with Gasteiger partial charge in [0.25, 0.3) is 0 Å². The Morgan fingerprint density at radius 2 is 1.96 bits per heavy atom. The van der Waals surface area contributed by atoms with Crippen molar-refractivity contribution in [3.05, 3.63) is 77.0 Å². The lowest BCUT2D eigenvalue weighted by molar-refractivity contribution is -0.121. The van der Waals surface area contributed by atoms with Gasteiger partial charge in [-0.25, -0.2) is 4.98 Å². The van der Waals surface area contributed by atoms with Crippen LogP contribution in [0, 0.1) is 0 Å². The van der Waals surface area contributed by atoms with Crippen LogP contribution in [0.25, 0.3) is 16.6 Å². The molecule has 0 atom stereocenters. The van der Waals surface area contributed by atoms with E-state index in [4.69, 9.17) is 0 Å². The highest BCUT2D eigenvalue weighted by molar-refractivity contribution is 5.79. The zero-order valence-corrected chi connectivity index (χ0v) is 14.7. The van der Waals surface area contributed by atoms with Crippen LogP contribution in [0.3, 0.4) is 0 Å². The Labute approximate surface area is 155 Å². The average Bonchev–Trinajstić information content (AvgIpc) is 3.10. The second-order valence-corrected chi connectivity index (χ2v) is 6.30. The maximum atomic E-state index is 12.1. The fourth-order valence-corrected chi connectivity index (χ4v) is 3.07.